The first-order chi connectivity index (χ1) is 9.26. The maximum Gasteiger partial charge on any atom is 0.220 e. The molecule has 0 unspecified atom stereocenters. The first kappa shape index (κ1) is 14.7. The summed E-state index contributed by atoms with van der Waals surface area (Å²) < 4.78 is 0. The Morgan fingerprint density at radius 3 is 2.58 bits per heavy atom. The number of benzene rings is 1. The zero-order chi connectivity index (χ0) is 13.9. The number of amides is 2. The van der Waals surface area contributed by atoms with Crippen molar-refractivity contribution in [2.45, 2.75) is 25.8 Å². The largest absolute Gasteiger partial charge is 0.352 e. The van der Waals surface area contributed by atoms with E-state index in [2.05, 4.69) is 10.6 Å². The summed E-state index contributed by atoms with van der Waals surface area (Å²) in [4.78, 5) is 32.1. The van der Waals surface area contributed by atoms with Crippen molar-refractivity contribution in [3.05, 3.63) is 41.6 Å². The molecule has 0 saturated heterocycles. The van der Waals surface area contributed by atoms with Gasteiger partial charge in [0, 0.05) is 13.0 Å². The molecule has 0 saturated carbocycles. The normalized spacial score (nSPS) is 9.26. The number of nitrogens with one attached hydrogen (secondary N) is 2. The van der Waals surface area contributed by atoms with E-state index >= 15 is 0 Å². The minimum absolute atomic E-state index is 0.0831. The molecule has 100 valence electrons. The van der Waals surface area contributed by atoms with Gasteiger partial charge < -0.3 is 10.6 Å². The van der Waals surface area contributed by atoms with E-state index in [4.69, 9.17) is 0 Å². The minimum Gasteiger partial charge on any atom is -0.352 e. The van der Waals surface area contributed by atoms with Gasteiger partial charge in [-0.15, -0.1) is 0 Å². The van der Waals surface area contributed by atoms with Gasteiger partial charge in [0.15, 0.2) is 0 Å². The molecule has 0 aliphatic heterocycles. The Morgan fingerprint density at radius 2 is 1.95 bits per heavy atom. The molecule has 5 heteroatoms. The Kier molecular flexibility index (Phi) is 6.69. The van der Waals surface area contributed by atoms with Crippen LogP contribution in [0, 0.1) is 0 Å². The molecular formula is C14H16N2O3. The Balaban J connectivity index is 2.21. The Labute approximate surface area is 111 Å². The van der Waals surface area contributed by atoms with Crippen molar-refractivity contribution in [2.24, 2.45) is 0 Å². The van der Waals surface area contributed by atoms with Gasteiger partial charge in [0.1, 0.15) is 11.6 Å². The van der Waals surface area contributed by atoms with Crippen molar-refractivity contribution in [1.29, 1.82) is 0 Å². The summed E-state index contributed by atoms with van der Waals surface area (Å²) in [5.41, 5.74) is 1.21. The fourth-order valence-corrected chi connectivity index (χ4v) is 1.53. The van der Waals surface area contributed by atoms with Gasteiger partial charge in [-0.05, 0) is 18.4 Å². The van der Waals surface area contributed by atoms with E-state index in [9.17, 15) is 14.4 Å². The van der Waals surface area contributed by atoms with Crippen molar-refractivity contribution in [3.63, 3.8) is 0 Å². The first-order valence-corrected chi connectivity index (χ1v) is 6.01. The highest BCUT2D eigenvalue weighted by atomic mass is 16.1. The summed E-state index contributed by atoms with van der Waals surface area (Å²) in [5.74, 6) is 1.54. The molecule has 0 heterocycles. The third kappa shape index (κ3) is 6.19. The van der Waals surface area contributed by atoms with Crippen LogP contribution in [0.3, 0.4) is 0 Å². The summed E-state index contributed by atoms with van der Waals surface area (Å²) in [5, 5.41) is 5.03. The molecule has 1 aromatic rings. The van der Waals surface area contributed by atoms with Crippen molar-refractivity contribution >= 4 is 18.3 Å². The van der Waals surface area contributed by atoms with Crippen LogP contribution in [0.25, 0.3) is 0 Å². The molecule has 0 atom stereocenters. The molecule has 1 rings (SSSR count). The second-order valence-electron chi connectivity index (χ2n) is 3.96. The lowest BCUT2D eigenvalue weighted by atomic mass is 10.2. The van der Waals surface area contributed by atoms with Crippen LogP contribution in [0.5, 0.6) is 0 Å². The number of rotatable bonds is 8. The molecular weight excluding hydrogens is 244 g/mol. The number of hydrogen-bond acceptors (Lipinski definition) is 3. The summed E-state index contributed by atoms with van der Waals surface area (Å²) in [6.45, 7) is 0.489. The molecule has 19 heavy (non-hydrogen) atoms. The highest BCUT2D eigenvalue weighted by Crippen LogP contribution is 2.02. The quantitative estimate of drug-likeness (QED) is 0.539. The summed E-state index contributed by atoms with van der Waals surface area (Å²) >= 11 is 0. The lowest BCUT2D eigenvalue weighted by molar-refractivity contribution is -0.121. The van der Waals surface area contributed by atoms with E-state index < -0.39 is 0 Å². The predicted molar refractivity (Wildman–Crippen MR) is 70.5 cm³/mol. The average molecular weight is 260 g/mol. The molecule has 0 aromatic heterocycles. The monoisotopic (exact) mass is 260 g/mol. The van der Waals surface area contributed by atoms with Crippen LogP contribution in [0.1, 0.15) is 24.8 Å². The first-order valence-electron chi connectivity index (χ1n) is 6.01. The summed E-state index contributed by atoms with van der Waals surface area (Å²) in [7, 11) is 0. The fourth-order valence-electron chi connectivity index (χ4n) is 1.53. The van der Waals surface area contributed by atoms with Gasteiger partial charge in [-0.3, -0.25) is 9.59 Å². The maximum atomic E-state index is 11.5. The smallest absolute Gasteiger partial charge is 0.220 e. The van der Waals surface area contributed by atoms with Crippen LogP contribution in [-0.4, -0.2) is 18.3 Å². The highest BCUT2D eigenvalue weighted by Gasteiger charge is 2.03. The SMILES string of the molecule is O=C=C(CCCC(=O)NCc1ccccc1)NC=O. The van der Waals surface area contributed by atoms with E-state index in [0.29, 0.717) is 32.2 Å². The minimum atomic E-state index is -0.0831. The summed E-state index contributed by atoms with van der Waals surface area (Å²) in [6.07, 6.45) is 1.56. The van der Waals surface area contributed by atoms with Crippen molar-refractivity contribution < 1.29 is 14.4 Å². The zero-order valence-corrected chi connectivity index (χ0v) is 10.5. The number of allylic oxidation sites excluding steroid dienone is 1. The topological polar surface area (TPSA) is 75.3 Å². The molecule has 0 fully saturated rings. The van der Waals surface area contributed by atoms with Crippen molar-refractivity contribution in [3.8, 4) is 0 Å². The van der Waals surface area contributed by atoms with Crippen LogP contribution >= 0.6 is 0 Å². The molecule has 0 aliphatic rings. The summed E-state index contributed by atoms with van der Waals surface area (Å²) in [6, 6.07) is 9.60. The van der Waals surface area contributed by atoms with Crippen LogP contribution in [0.4, 0.5) is 0 Å². The van der Waals surface area contributed by atoms with Gasteiger partial charge in [-0.2, -0.15) is 0 Å². The molecule has 0 radical (unpaired) electrons. The third-order valence-corrected chi connectivity index (χ3v) is 2.52. The van der Waals surface area contributed by atoms with E-state index in [-0.39, 0.29) is 11.6 Å². The predicted octanol–water partition coefficient (Wildman–Crippen LogP) is 0.935. The second-order valence-corrected chi connectivity index (χ2v) is 3.96. The third-order valence-electron chi connectivity index (χ3n) is 2.52. The second kappa shape index (κ2) is 8.66. The molecule has 1 aromatic carbocycles. The van der Waals surface area contributed by atoms with Gasteiger partial charge in [0.25, 0.3) is 0 Å². The van der Waals surface area contributed by atoms with Crippen LogP contribution < -0.4 is 10.6 Å². The van der Waals surface area contributed by atoms with E-state index in [1.807, 2.05) is 30.3 Å². The highest BCUT2D eigenvalue weighted by molar-refractivity contribution is 5.75. The van der Waals surface area contributed by atoms with E-state index in [1.165, 1.54) is 0 Å². The molecule has 0 spiro atoms. The van der Waals surface area contributed by atoms with Gasteiger partial charge in [-0.25, -0.2) is 4.79 Å². The molecule has 5 nitrogen and oxygen atoms in total. The van der Waals surface area contributed by atoms with Gasteiger partial charge in [0.05, 0.1) is 0 Å². The molecule has 2 N–H and O–H groups in total. The zero-order valence-electron chi connectivity index (χ0n) is 10.5. The Bertz CT molecular complexity index is 465. The van der Waals surface area contributed by atoms with E-state index in [0.717, 1.165) is 5.56 Å². The Morgan fingerprint density at radius 1 is 1.21 bits per heavy atom. The lowest BCUT2D eigenvalue weighted by Crippen LogP contribution is -2.22. The lowest BCUT2D eigenvalue weighted by Gasteiger charge is -2.05. The average Bonchev–Trinajstić information content (AvgIpc) is 2.45. The fraction of sp³-hybridized carbons (Fsp3) is 0.286. The van der Waals surface area contributed by atoms with Gasteiger partial charge in [0.2, 0.25) is 12.3 Å². The number of carbonyl (C=O) groups excluding carboxylic acids is 3. The molecule has 0 aliphatic carbocycles. The maximum absolute atomic E-state index is 11.5. The van der Waals surface area contributed by atoms with Crippen molar-refractivity contribution in [1.82, 2.24) is 10.6 Å². The number of carbonyl (C=O) groups is 2. The van der Waals surface area contributed by atoms with Crippen LogP contribution in [0.2, 0.25) is 0 Å². The molecule has 2 amide bonds. The van der Waals surface area contributed by atoms with Gasteiger partial charge in [-0.1, -0.05) is 30.3 Å². The van der Waals surface area contributed by atoms with E-state index in [1.54, 1.807) is 5.94 Å². The standard InChI is InChI=1S/C14H16N2O3/c17-10-13(16-11-18)7-4-8-14(19)15-9-12-5-2-1-3-6-12/h1-3,5-6,11H,4,7-9H2,(H,15,19)(H,16,18). The van der Waals surface area contributed by atoms with Crippen LogP contribution in [0.15, 0.2) is 36.0 Å². The Hall–Kier alpha value is -2.39. The van der Waals surface area contributed by atoms with Gasteiger partial charge >= 0.3 is 0 Å². The number of hydrogen-bond donors (Lipinski definition) is 2. The van der Waals surface area contributed by atoms with Crippen molar-refractivity contribution in [2.75, 3.05) is 0 Å². The van der Waals surface area contributed by atoms with Crippen LogP contribution in [-0.2, 0) is 20.9 Å². The molecule has 0 bridgehead atoms.